The Morgan fingerprint density at radius 3 is 2.55 bits per heavy atom. The Hall–Kier alpha value is -2.13. The van der Waals surface area contributed by atoms with Crippen molar-refractivity contribution in [2.24, 2.45) is 0 Å². The highest BCUT2D eigenvalue weighted by Crippen LogP contribution is 2.30. The van der Waals surface area contributed by atoms with Gasteiger partial charge in [-0.25, -0.2) is 0 Å². The molecule has 4 heteroatoms. The third-order valence-corrected chi connectivity index (χ3v) is 3.98. The van der Waals surface area contributed by atoms with Crippen LogP contribution in [0.1, 0.15) is 25.5 Å². The van der Waals surface area contributed by atoms with Gasteiger partial charge in [0, 0.05) is 28.2 Å². The average molecular weight is 315 g/mol. The van der Waals surface area contributed by atoms with E-state index in [1.165, 1.54) is 0 Å². The highest BCUT2D eigenvalue weighted by molar-refractivity contribution is 6.30. The van der Waals surface area contributed by atoms with Gasteiger partial charge in [-0.2, -0.15) is 0 Å². The first-order valence-corrected chi connectivity index (χ1v) is 7.70. The number of halogens is 1. The minimum atomic E-state index is 0.344. The molecule has 2 aromatic carbocycles. The maximum absolute atomic E-state index is 6.16. The predicted octanol–water partition coefficient (Wildman–Crippen LogP) is 5.04. The number of para-hydroxylation sites is 1. The van der Waals surface area contributed by atoms with E-state index in [1.54, 1.807) is 0 Å². The first-order chi connectivity index (χ1) is 10.6. The van der Waals surface area contributed by atoms with Gasteiger partial charge >= 0.3 is 0 Å². The SMILES string of the molecule is CC(C)n1cc(COc2ccc(Cl)cc2)c2cccc(N)c21. The first-order valence-electron chi connectivity index (χ1n) is 7.32. The van der Waals surface area contributed by atoms with Crippen LogP contribution < -0.4 is 10.5 Å². The maximum Gasteiger partial charge on any atom is 0.119 e. The van der Waals surface area contributed by atoms with Gasteiger partial charge in [0.05, 0.1) is 11.2 Å². The Kier molecular flexibility index (Phi) is 3.99. The summed E-state index contributed by atoms with van der Waals surface area (Å²) in [5, 5.41) is 1.85. The van der Waals surface area contributed by atoms with Crippen LogP contribution >= 0.6 is 11.6 Å². The molecule has 2 N–H and O–H groups in total. The van der Waals surface area contributed by atoms with Gasteiger partial charge in [-0.05, 0) is 44.2 Å². The summed E-state index contributed by atoms with van der Waals surface area (Å²) < 4.78 is 8.07. The van der Waals surface area contributed by atoms with Crippen molar-refractivity contribution in [3.8, 4) is 5.75 Å². The third kappa shape index (κ3) is 2.77. The molecule has 0 saturated heterocycles. The second-order valence-corrected chi connectivity index (χ2v) is 6.08. The molecule has 0 aliphatic rings. The Balaban J connectivity index is 1.94. The normalized spacial score (nSPS) is 11.3. The number of nitrogens with zero attached hydrogens (tertiary/aromatic N) is 1. The smallest absolute Gasteiger partial charge is 0.119 e. The number of ether oxygens (including phenoxy) is 1. The summed E-state index contributed by atoms with van der Waals surface area (Å²) in [4.78, 5) is 0. The molecule has 114 valence electrons. The van der Waals surface area contributed by atoms with E-state index in [4.69, 9.17) is 22.1 Å². The Labute approximate surface area is 135 Å². The zero-order valence-corrected chi connectivity index (χ0v) is 13.5. The number of nitrogens with two attached hydrogens (primary N) is 1. The highest BCUT2D eigenvalue weighted by atomic mass is 35.5. The molecule has 0 amide bonds. The summed E-state index contributed by atoms with van der Waals surface area (Å²) in [6.45, 7) is 4.80. The molecule has 0 radical (unpaired) electrons. The second-order valence-electron chi connectivity index (χ2n) is 5.64. The summed E-state index contributed by atoms with van der Waals surface area (Å²) in [6.07, 6.45) is 2.13. The molecule has 3 rings (SSSR count). The third-order valence-electron chi connectivity index (χ3n) is 3.73. The van der Waals surface area contributed by atoms with Gasteiger partial charge in [-0.15, -0.1) is 0 Å². The molecule has 0 atom stereocenters. The zero-order valence-electron chi connectivity index (χ0n) is 12.7. The summed E-state index contributed by atoms with van der Waals surface area (Å²) >= 11 is 5.89. The summed E-state index contributed by atoms with van der Waals surface area (Å²) in [5.74, 6) is 0.804. The molecule has 0 aliphatic heterocycles. The number of fused-ring (bicyclic) bond motifs is 1. The quantitative estimate of drug-likeness (QED) is 0.685. The van der Waals surface area contributed by atoms with Crippen LogP contribution in [-0.2, 0) is 6.61 Å². The van der Waals surface area contributed by atoms with Crippen molar-refractivity contribution in [3.05, 3.63) is 59.2 Å². The van der Waals surface area contributed by atoms with Crippen LogP contribution in [0.5, 0.6) is 5.75 Å². The molecule has 0 unspecified atom stereocenters. The molecule has 0 bridgehead atoms. The van der Waals surface area contributed by atoms with Crippen molar-refractivity contribution >= 4 is 28.2 Å². The van der Waals surface area contributed by atoms with Crippen LogP contribution in [0.15, 0.2) is 48.7 Å². The molecule has 0 spiro atoms. The molecular formula is C18H19ClN2O. The van der Waals surface area contributed by atoms with Crippen LogP contribution in [0, 0.1) is 0 Å². The second kappa shape index (κ2) is 5.93. The molecule has 0 saturated carbocycles. The van der Waals surface area contributed by atoms with E-state index in [0.717, 1.165) is 27.9 Å². The van der Waals surface area contributed by atoms with Gasteiger partial charge in [0.25, 0.3) is 0 Å². The lowest BCUT2D eigenvalue weighted by molar-refractivity contribution is 0.307. The van der Waals surface area contributed by atoms with Gasteiger partial charge in [0.1, 0.15) is 12.4 Å². The number of aromatic nitrogens is 1. The number of nitrogen functional groups attached to an aromatic ring is 1. The lowest BCUT2D eigenvalue weighted by Crippen LogP contribution is -2.00. The lowest BCUT2D eigenvalue weighted by Gasteiger charge is -2.10. The number of rotatable bonds is 4. The topological polar surface area (TPSA) is 40.2 Å². The highest BCUT2D eigenvalue weighted by Gasteiger charge is 2.13. The predicted molar refractivity (Wildman–Crippen MR) is 92.5 cm³/mol. The van der Waals surface area contributed by atoms with E-state index >= 15 is 0 Å². The van der Waals surface area contributed by atoms with Crippen molar-refractivity contribution in [2.75, 3.05) is 5.73 Å². The summed E-state index contributed by atoms with van der Waals surface area (Å²) in [5.41, 5.74) is 9.16. The molecule has 22 heavy (non-hydrogen) atoms. The Morgan fingerprint density at radius 1 is 1.14 bits per heavy atom. The van der Waals surface area contributed by atoms with E-state index in [0.29, 0.717) is 17.7 Å². The van der Waals surface area contributed by atoms with Crippen molar-refractivity contribution < 1.29 is 4.74 Å². The maximum atomic E-state index is 6.16. The van der Waals surface area contributed by atoms with Gasteiger partial charge in [0.15, 0.2) is 0 Å². The van der Waals surface area contributed by atoms with E-state index in [2.05, 4.69) is 30.7 Å². The van der Waals surface area contributed by atoms with Gasteiger partial charge in [-0.3, -0.25) is 0 Å². The van der Waals surface area contributed by atoms with Gasteiger partial charge in [-0.1, -0.05) is 23.7 Å². The molecule has 0 fully saturated rings. The largest absolute Gasteiger partial charge is 0.489 e. The van der Waals surface area contributed by atoms with Crippen LogP contribution in [0.2, 0.25) is 5.02 Å². The van der Waals surface area contributed by atoms with Crippen molar-refractivity contribution in [1.29, 1.82) is 0 Å². The van der Waals surface area contributed by atoms with Crippen molar-refractivity contribution in [1.82, 2.24) is 4.57 Å². The van der Waals surface area contributed by atoms with Crippen LogP contribution in [0.25, 0.3) is 10.9 Å². The van der Waals surface area contributed by atoms with Crippen LogP contribution in [-0.4, -0.2) is 4.57 Å². The average Bonchev–Trinajstić information content (AvgIpc) is 2.87. The number of hydrogen-bond donors (Lipinski definition) is 1. The number of anilines is 1. The molecule has 3 nitrogen and oxygen atoms in total. The lowest BCUT2D eigenvalue weighted by atomic mass is 10.1. The van der Waals surface area contributed by atoms with E-state index in [9.17, 15) is 0 Å². The standard InChI is InChI=1S/C18H19ClN2O/c1-12(2)21-10-13(16-4-3-5-17(20)18(16)21)11-22-15-8-6-14(19)7-9-15/h3-10,12H,11,20H2,1-2H3. The van der Waals surface area contributed by atoms with Gasteiger partial charge < -0.3 is 15.0 Å². The molecule has 0 aliphatic carbocycles. The fraction of sp³-hybridized carbons (Fsp3) is 0.222. The van der Waals surface area contributed by atoms with Crippen molar-refractivity contribution in [2.45, 2.75) is 26.5 Å². The summed E-state index contributed by atoms with van der Waals surface area (Å²) in [7, 11) is 0. The van der Waals surface area contributed by atoms with E-state index in [-0.39, 0.29) is 0 Å². The van der Waals surface area contributed by atoms with E-state index < -0.39 is 0 Å². The van der Waals surface area contributed by atoms with Crippen LogP contribution in [0.3, 0.4) is 0 Å². The zero-order chi connectivity index (χ0) is 15.7. The van der Waals surface area contributed by atoms with Crippen LogP contribution in [0.4, 0.5) is 5.69 Å². The van der Waals surface area contributed by atoms with Crippen molar-refractivity contribution in [3.63, 3.8) is 0 Å². The summed E-state index contributed by atoms with van der Waals surface area (Å²) in [6, 6.07) is 13.7. The number of hydrogen-bond acceptors (Lipinski definition) is 2. The van der Waals surface area contributed by atoms with Gasteiger partial charge in [0.2, 0.25) is 0 Å². The molecular weight excluding hydrogens is 296 g/mol. The fourth-order valence-corrected chi connectivity index (χ4v) is 2.75. The Morgan fingerprint density at radius 2 is 1.86 bits per heavy atom. The minimum Gasteiger partial charge on any atom is -0.489 e. The molecule has 1 heterocycles. The Bertz CT molecular complexity index is 791. The fourth-order valence-electron chi connectivity index (χ4n) is 2.62. The molecule has 3 aromatic rings. The first kappa shape index (κ1) is 14.8. The number of benzene rings is 2. The minimum absolute atomic E-state index is 0.344. The molecule has 1 aromatic heterocycles. The van der Waals surface area contributed by atoms with E-state index in [1.807, 2.05) is 36.4 Å². The monoisotopic (exact) mass is 314 g/mol.